The third-order valence-electron chi connectivity index (χ3n) is 4.37. The van der Waals surface area contributed by atoms with Gasteiger partial charge < -0.3 is 29.9 Å². The van der Waals surface area contributed by atoms with Gasteiger partial charge in [0.1, 0.15) is 24.6 Å². The molecule has 4 rings (SSSR count). The molecule has 0 unspecified atom stereocenters. The predicted octanol–water partition coefficient (Wildman–Crippen LogP) is -1.25. The zero-order valence-corrected chi connectivity index (χ0v) is 13.8. The highest BCUT2D eigenvalue weighted by atomic mass is 16.6. The highest BCUT2D eigenvalue weighted by molar-refractivity contribution is 5.82. The summed E-state index contributed by atoms with van der Waals surface area (Å²) in [4.78, 5) is 16.7. The summed E-state index contributed by atoms with van der Waals surface area (Å²) >= 11 is 0. The number of hydrogen-bond donors (Lipinski definition) is 4. The number of nitrogens with zero attached hydrogens (tertiary/aromatic N) is 6. The first-order chi connectivity index (χ1) is 12.7. The van der Waals surface area contributed by atoms with E-state index in [0.29, 0.717) is 30.1 Å². The van der Waals surface area contributed by atoms with Crippen molar-refractivity contribution in [3.63, 3.8) is 0 Å². The molecule has 0 amide bonds. The highest BCUT2D eigenvalue weighted by Crippen LogP contribution is 2.31. The van der Waals surface area contributed by atoms with Crippen molar-refractivity contribution in [2.75, 3.05) is 18.5 Å². The Labute approximate surface area is 147 Å². The van der Waals surface area contributed by atoms with Crippen molar-refractivity contribution in [3.05, 3.63) is 31.4 Å². The molecule has 26 heavy (non-hydrogen) atoms. The topological polar surface area (TPSA) is 143 Å². The van der Waals surface area contributed by atoms with E-state index >= 15 is 0 Å². The average molecular weight is 361 g/mol. The normalized spacial score (nSPS) is 25.8. The van der Waals surface area contributed by atoms with E-state index in [-0.39, 0.29) is 0 Å². The lowest BCUT2D eigenvalue weighted by atomic mass is 10.1. The molecule has 1 aliphatic heterocycles. The second-order valence-electron chi connectivity index (χ2n) is 6.00. The fourth-order valence-electron chi connectivity index (χ4n) is 3.00. The van der Waals surface area contributed by atoms with E-state index in [1.54, 1.807) is 12.5 Å². The molecule has 1 aliphatic rings. The van der Waals surface area contributed by atoms with Gasteiger partial charge in [-0.1, -0.05) is 0 Å². The zero-order valence-electron chi connectivity index (χ0n) is 13.8. The molecule has 11 heteroatoms. The Kier molecular flexibility index (Phi) is 4.51. The van der Waals surface area contributed by atoms with Crippen molar-refractivity contribution in [1.29, 1.82) is 0 Å². The Morgan fingerprint density at radius 1 is 1.15 bits per heavy atom. The van der Waals surface area contributed by atoms with E-state index in [1.165, 1.54) is 17.2 Å². The Morgan fingerprint density at radius 2 is 2.04 bits per heavy atom. The van der Waals surface area contributed by atoms with Gasteiger partial charge in [0.25, 0.3) is 0 Å². The minimum atomic E-state index is -1.20. The van der Waals surface area contributed by atoms with Gasteiger partial charge in [0.2, 0.25) is 0 Å². The number of nitrogens with one attached hydrogen (secondary N) is 1. The molecule has 1 saturated heterocycles. The molecule has 1 fully saturated rings. The van der Waals surface area contributed by atoms with E-state index in [2.05, 4.69) is 25.3 Å². The van der Waals surface area contributed by atoms with Gasteiger partial charge >= 0.3 is 0 Å². The molecule has 0 saturated carbocycles. The van der Waals surface area contributed by atoms with Gasteiger partial charge in [-0.2, -0.15) is 0 Å². The first kappa shape index (κ1) is 16.8. The zero-order chi connectivity index (χ0) is 18.1. The van der Waals surface area contributed by atoms with Gasteiger partial charge in [0.15, 0.2) is 23.2 Å². The number of aliphatic hydroxyl groups is 3. The van der Waals surface area contributed by atoms with E-state index in [9.17, 15) is 15.3 Å². The second kappa shape index (κ2) is 6.96. The van der Waals surface area contributed by atoms with Crippen LogP contribution in [0.4, 0.5) is 5.82 Å². The standard InChI is InChI=1S/C15H19N7O4/c23-5-9-11(24)12(25)15(26-9)22-8-20-10-13(18-6-19-14(10)22)17-2-4-21-3-1-16-7-21/h1,3,6-9,11-12,15,23-25H,2,4-5H2,(H,17,18,19)/t9-,11-,12-,15-/m1/s1. The van der Waals surface area contributed by atoms with Gasteiger partial charge in [0, 0.05) is 25.5 Å². The summed E-state index contributed by atoms with van der Waals surface area (Å²) in [6.45, 7) is 0.932. The summed E-state index contributed by atoms with van der Waals surface area (Å²) in [6.07, 6.45) is 4.05. The molecular formula is C15H19N7O4. The lowest BCUT2D eigenvalue weighted by Gasteiger charge is -2.16. The van der Waals surface area contributed by atoms with Crippen LogP contribution in [0.1, 0.15) is 6.23 Å². The average Bonchev–Trinajstić information content (AvgIpc) is 3.37. The first-order valence-electron chi connectivity index (χ1n) is 8.18. The molecule has 11 nitrogen and oxygen atoms in total. The van der Waals surface area contributed by atoms with Crippen molar-refractivity contribution in [2.45, 2.75) is 31.1 Å². The number of anilines is 1. The third-order valence-corrected chi connectivity index (χ3v) is 4.37. The number of ether oxygens (including phenoxy) is 1. The van der Waals surface area contributed by atoms with Gasteiger partial charge in [0.05, 0.1) is 19.3 Å². The van der Waals surface area contributed by atoms with Gasteiger partial charge in [-0.05, 0) is 0 Å². The van der Waals surface area contributed by atoms with Crippen LogP contribution in [0.5, 0.6) is 0 Å². The minimum Gasteiger partial charge on any atom is -0.394 e. The molecule has 0 aliphatic carbocycles. The molecule has 4 atom stereocenters. The SMILES string of the molecule is OC[C@H]1O[C@@H](n2cnc3c(NCCn4ccnc4)ncnc32)[C@H](O)[C@@H]1O. The number of fused-ring (bicyclic) bond motifs is 1. The van der Waals surface area contributed by atoms with Crippen LogP contribution < -0.4 is 5.32 Å². The summed E-state index contributed by atoms with van der Waals surface area (Å²) < 4.78 is 9.00. The van der Waals surface area contributed by atoms with Crippen molar-refractivity contribution in [3.8, 4) is 0 Å². The molecule has 4 heterocycles. The number of imidazole rings is 2. The molecule has 0 radical (unpaired) electrons. The van der Waals surface area contributed by atoms with E-state index in [1.807, 2.05) is 10.8 Å². The van der Waals surface area contributed by atoms with Gasteiger partial charge in [-0.25, -0.2) is 19.9 Å². The maximum absolute atomic E-state index is 10.2. The van der Waals surface area contributed by atoms with Crippen molar-refractivity contribution in [2.24, 2.45) is 0 Å². The summed E-state index contributed by atoms with van der Waals surface area (Å²) in [5.41, 5.74) is 0.982. The minimum absolute atomic E-state index is 0.391. The fraction of sp³-hybridized carbons (Fsp3) is 0.467. The van der Waals surface area contributed by atoms with Crippen LogP contribution in [0.3, 0.4) is 0 Å². The smallest absolute Gasteiger partial charge is 0.167 e. The maximum atomic E-state index is 10.2. The quantitative estimate of drug-likeness (QED) is 0.423. The molecule has 0 bridgehead atoms. The highest BCUT2D eigenvalue weighted by Gasteiger charge is 2.44. The summed E-state index contributed by atoms with van der Waals surface area (Å²) in [6, 6.07) is 0. The Bertz CT molecular complexity index is 868. The number of rotatable bonds is 6. The molecule has 138 valence electrons. The summed E-state index contributed by atoms with van der Waals surface area (Å²) in [5.74, 6) is 0.556. The van der Waals surface area contributed by atoms with Crippen LogP contribution in [0, 0.1) is 0 Å². The lowest BCUT2D eigenvalue weighted by molar-refractivity contribution is -0.0511. The third kappa shape index (κ3) is 2.90. The second-order valence-corrected chi connectivity index (χ2v) is 6.00. The molecule has 0 aromatic carbocycles. The van der Waals surface area contributed by atoms with Crippen LogP contribution in [-0.2, 0) is 11.3 Å². The first-order valence-corrected chi connectivity index (χ1v) is 8.18. The Morgan fingerprint density at radius 3 is 2.77 bits per heavy atom. The van der Waals surface area contributed by atoms with Crippen LogP contribution in [0.25, 0.3) is 11.2 Å². The van der Waals surface area contributed by atoms with Crippen LogP contribution in [0.2, 0.25) is 0 Å². The van der Waals surface area contributed by atoms with E-state index < -0.39 is 31.1 Å². The fourth-order valence-corrected chi connectivity index (χ4v) is 3.00. The van der Waals surface area contributed by atoms with E-state index in [4.69, 9.17) is 4.74 Å². The molecule has 3 aromatic rings. The van der Waals surface area contributed by atoms with E-state index in [0.717, 1.165) is 0 Å². The molecule has 4 N–H and O–H groups in total. The lowest BCUT2D eigenvalue weighted by Crippen LogP contribution is -2.33. The van der Waals surface area contributed by atoms with Crippen LogP contribution >= 0.6 is 0 Å². The van der Waals surface area contributed by atoms with Crippen molar-refractivity contribution < 1.29 is 20.1 Å². The molecule has 0 spiro atoms. The number of hydrogen-bond acceptors (Lipinski definition) is 9. The summed E-state index contributed by atoms with van der Waals surface area (Å²) in [7, 11) is 0. The molecular weight excluding hydrogens is 342 g/mol. The predicted molar refractivity (Wildman–Crippen MR) is 89.0 cm³/mol. The maximum Gasteiger partial charge on any atom is 0.167 e. The van der Waals surface area contributed by atoms with Crippen LogP contribution in [0.15, 0.2) is 31.4 Å². The Hall–Kier alpha value is -2.60. The Balaban J connectivity index is 1.55. The number of aliphatic hydroxyl groups excluding tert-OH is 3. The number of aromatic nitrogens is 6. The summed E-state index contributed by atoms with van der Waals surface area (Å²) in [5, 5.41) is 32.6. The van der Waals surface area contributed by atoms with Crippen molar-refractivity contribution in [1.82, 2.24) is 29.1 Å². The molecule has 3 aromatic heterocycles. The van der Waals surface area contributed by atoms with Gasteiger partial charge in [-0.15, -0.1) is 0 Å². The van der Waals surface area contributed by atoms with Crippen molar-refractivity contribution >= 4 is 17.0 Å². The van der Waals surface area contributed by atoms with Crippen LogP contribution in [-0.4, -0.2) is 75.9 Å². The largest absolute Gasteiger partial charge is 0.394 e. The monoisotopic (exact) mass is 361 g/mol. The van der Waals surface area contributed by atoms with Gasteiger partial charge in [-0.3, -0.25) is 4.57 Å².